The summed E-state index contributed by atoms with van der Waals surface area (Å²) in [4.78, 5) is 29.1. The fraction of sp³-hybridized carbons (Fsp3) is 0.762. The maximum absolute atomic E-state index is 12.6. The number of nitrogens with two attached hydrogens (primary N) is 1. The fourth-order valence-electron chi connectivity index (χ4n) is 6.98. The van der Waals surface area contributed by atoms with Gasteiger partial charge in [0.25, 0.3) is 5.56 Å². The second-order valence-electron chi connectivity index (χ2n) is 10.0. The van der Waals surface area contributed by atoms with Crippen LogP contribution in [0, 0.1) is 17.8 Å². The molecule has 1 unspecified atom stereocenters. The van der Waals surface area contributed by atoms with Crippen LogP contribution in [0.25, 0.3) is 11.2 Å². The van der Waals surface area contributed by atoms with Gasteiger partial charge in [0.1, 0.15) is 0 Å². The van der Waals surface area contributed by atoms with Crippen LogP contribution >= 0.6 is 0 Å². The quantitative estimate of drug-likeness (QED) is 0.592. The Morgan fingerprint density at radius 1 is 1.10 bits per heavy atom. The number of quaternary nitrogens is 1. The van der Waals surface area contributed by atoms with Crippen LogP contribution in [0.1, 0.15) is 51.9 Å². The Kier molecular flexibility index (Phi) is 5.18. The van der Waals surface area contributed by atoms with Crippen LogP contribution in [0.4, 0.5) is 0 Å². The first kappa shape index (κ1) is 20.7. The van der Waals surface area contributed by atoms with E-state index in [2.05, 4.69) is 17.2 Å². The highest BCUT2D eigenvalue weighted by molar-refractivity contribution is 5.69. The van der Waals surface area contributed by atoms with E-state index in [-0.39, 0.29) is 23.7 Å². The molecule has 0 aromatic carbocycles. The van der Waals surface area contributed by atoms with Gasteiger partial charge in [-0.05, 0) is 43.9 Å². The minimum Gasteiger partial charge on any atom is -1.00 e. The summed E-state index contributed by atoms with van der Waals surface area (Å²) in [6.07, 6.45) is 11.3. The molecular formula is C21H32ClN5O2. The topological polar surface area (TPSA) is 78.4 Å². The first-order chi connectivity index (χ1) is 13.3. The van der Waals surface area contributed by atoms with E-state index in [0.29, 0.717) is 22.7 Å². The Morgan fingerprint density at radius 2 is 1.69 bits per heavy atom. The van der Waals surface area contributed by atoms with E-state index in [9.17, 15) is 9.59 Å². The molecule has 2 aromatic heterocycles. The van der Waals surface area contributed by atoms with Crippen LogP contribution in [0.15, 0.2) is 15.9 Å². The summed E-state index contributed by atoms with van der Waals surface area (Å²) in [5.74, 6) is 2.91. The summed E-state index contributed by atoms with van der Waals surface area (Å²) in [6.45, 7) is 3.08. The summed E-state index contributed by atoms with van der Waals surface area (Å²) in [7, 11) is 3.20. The van der Waals surface area contributed by atoms with Gasteiger partial charge in [-0.2, -0.15) is 0 Å². The largest absolute Gasteiger partial charge is 1.00 e. The number of hydrogen-bond donors (Lipinski definition) is 1. The van der Waals surface area contributed by atoms with Crippen molar-refractivity contribution in [2.24, 2.45) is 31.8 Å². The first-order valence-corrected chi connectivity index (χ1v) is 10.8. The Bertz CT molecular complexity index is 1000. The molecule has 6 rings (SSSR count). The number of hydrogen-bond acceptors (Lipinski definition) is 3. The Balaban J connectivity index is 0.00000205. The van der Waals surface area contributed by atoms with E-state index in [1.165, 1.54) is 54.7 Å². The van der Waals surface area contributed by atoms with E-state index >= 15 is 0 Å². The van der Waals surface area contributed by atoms with Crippen molar-refractivity contribution >= 4 is 11.2 Å². The Labute approximate surface area is 176 Å². The molecule has 2 heterocycles. The molecule has 2 N–H and O–H groups in total. The van der Waals surface area contributed by atoms with Crippen molar-refractivity contribution in [3.05, 3.63) is 27.2 Å². The van der Waals surface area contributed by atoms with E-state index < -0.39 is 0 Å². The zero-order chi connectivity index (χ0) is 19.6. The molecule has 4 fully saturated rings. The van der Waals surface area contributed by atoms with Crippen molar-refractivity contribution in [3.8, 4) is 0 Å². The predicted molar refractivity (Wildman–Crippen MR) is 107 cm³/mol. The number of rotatable bonds is 5. The van der Waals surface area contributed by atoms with Gasteiger partial charge >= 0.3 is 5.69 Å². The van der Waals surface area contributed by atoms with Gasteiger partial charge < -0.3 is 22.3 Å². The average molecular weight is 422 g/mol. The molecule has 0 spiro atoms. The lowest BCUT2D eigenvalue weighted by atomic mass is 9.53. The van der Waals surface area contributed by atoms with Gasteiger partial charge in [0.2, 0.25) is 0 Å². The number of imidazole rings is 1. The van der Waals surface area contributed by atoms with Crippen LogP contribution in [-0.2, 0) is 20.6 Å². The van der Waals surface area contributed by atoms with Crippen molar-refractivity contribution < 1.29 is 17.7 Å². The molecule has 0 radical (unpaired) electrons. The summed E-state index contributed by atoms with van der Waals surface area (Å²) in [5.41, 5.74) is 0.905. The molecule has 160 valence electrons. The Morgan fingerprint density at radius 3 is 2.28 bits per heavy atom. The van der Waals surface area contributed by atoms with Crippen molar-refractivity contribution in [1.82, 2.24) is 18.7 Å². The normalized spacial score (nSPS) is 31.2. The number of nitrogens with zero attached hydrogens (tertiary/aromatic N) is 4. The average Bonchev–Trinajstić information content (AvgIpc) is 3.05. The smallest absolute Gasteiger partial charge is 0.332 e. The van der Waals surface area contributed by atoms with Gasteiger partial charge in [0.05, 0.1) is 17.9 Å². The highest BCUT2D eigenvalue weighted by Crippen LogP contribution is 2.54. The lowest BCUT2D eigenvalue weighted by Gasteiger charge is -2.55. The molecule has 0 saturated heterocycles. The summed E-state index contributed by atoms with van der Waals surface area (Å²) < 4.78 is 4.56. The first-order valence-electron chi connectivity index (χ1n) is 10.8. The van der Waals surface area contributed by atoms with Gasteiger partial charge in [-0.25, -0.2) is 9.78 Å². The molecule has 8 heteroatoms. The van der Waals surface area contributed by atoms with Crippen LogP contribution in [0.5, 0.6) is 0 Å². The molecule has 2 aromatic rings. The highest BCUT2D eigenvalue weighted by Gasteiger charge is 2.53. The summed E-state index contributed by atoms with van der Waals surface area (Å²) in [6, 6.07) is 0.519. The molecule has 29 heavy (non-hydrogen) atoms. The number of fused-ring (bicyclic) bond motifs is 1. The summed E-state index contributed by atoms with van der Waals surface area (Å²) in [5, 5.41) is 2.67. The molecule has 4 saturated carbocycles. The third kappa shape index (κ3) is 3.36. The standard InChI is InChI=1S/C21H31N5O2.ClH/c1-13(23-21-9-14-6-15(10-21)8-16(7-14)11-21)4-5-26-12-22-18-17(26)19(27)25(3)20(28)24(18)2;/h12-16,23H,4-11H2,1-3H3;1H. The van der Waals surface area contributed by atoms with Crippen molar-refractivity contribution in [2.75, 3.05) is 0 Å². The second-order valence-corrected chi connectivity index (χ2v) is 10.0. The van der Waals surface area contributed by atoms with Gasteiger partial charge in [-0.1, -0.05) is 0 Å². The molecule has 7 nitrogen and oxygen atoms in total. The van der Waals surface area contributed by atoms with Crippen LogP contribution in [-0.4, -0.2) is 30.3 Å². The maximum atomic E-state index is 12.6. The molecule has 4 aliphatic carbocycles. The zero-order valence-corrected chi connectivity index (χ0v) is 18.4. The van der Waals surface area contributed by atoms with Crippen LogP contribution in [0.3, 0.4) is 0 Å². The van der Waals surface area contributed by atoms with Gasteiger partial charge in [-0.3, -0.25) is 13.9 Å². The molecule has 1 atom stereocenters. The van der Waals surface area contributed by atoms with Crippen molar-refractivity contribution in [2.45, 2.75) is 70.0 Å². The highest BCUT2D eigenvalue weighted by atomic mass is 35.5. The molecule has 4 aliphatic rings. The number of aromatic nitrogens is 4. The van der Waals surface area contributed by atoms with Crippen LogP contribution in [0.2, 0.25) is 0 Å². The minimum atomic E-state index is -0.328. The molecule has 0 aliphatic heterocycles. The predicted octanol–water partition coefficient (Wildman–Crippen LogP) is -2.25. The van der Waals surface area contributed by atoms with Gasteiger partial charge in [0, 0.05) is 46.3 Å². The van der Waals surface area contributed by atoms with E-state index in [4.69, 9.17) is 0 Å². The zero-order valence-electron chi connectivity index (χ0n) is 17.6. The van der Waals surface area contributed by atoms with E-state index in [1.807, 2.05) is 4.57 Å². The minimum absolute atomic E-state index is 0. The lowest BCUT2D eigenvalue weighted by Crippen LogP contribution is -3.02. The van der Waals surface area contributed by atoms with Gasteiger partial charge in [-0.15, -0.1) is 0 Å². The van der Waals surface area contributed by atoms with E-state index in [1.54, 1.807) is 13.4 Å². The second kappa shape index (κ2) is 7.27. The van der Waals surface area contributed by atoms with Gasteiger partial charge in [0.15, 0.2) is 11.2 Å². The molecule has 0 amide bonds. The fourth-order valence-corrected chi connectivity index (χ4v) is 6.98. The van der Waals surface area contributed by atoms with Crippen LogP contribution < -0.4 is 29.0 Å². The third-order valence-corrected chi connectivity index (χ3v) is 7.77. The Hall–Kier alpha value is -1.60. The maximum Gasteiger partial charge on any atom is 0.332 e. The SMILES string of the molecule is CC(CCn1cnc2c1c(=O)n(C)c(=O)n2C)[NH2+]C12CC3CC(CC(C3)C1)C2.[Cl-]. The number of halogens is 1. The lowest BCUT2D eigenvalue weighted by molar-refractivity contribution is -0.765. The van der Waals surface area contributed by atoms with E-state index in [0.717, 1.165) is 30.7 Å². The van der Waals surface area contributed by atoms with Crippen molar-refractivity contribution in [1.29, 1.82) is 0 Å². The molecular weight excluding hydrogens is 390 g/mol. The molecule has 4 bridgehead atoms. The van der Waals surface area contributed by atoms with Crippen molar-refractivity contribution in [3.63, 3.8) is 0 Å². The monoisotopic (exact) mass is 421 g/mol. The third-order valence-electron chi connectivity index (χ3n) is 7.77. The number of aryl methyl sites for hydroxylation is 2. The summed E-state index contributed by atoms with van der Waals surface area (Å²) >= 11 is 0.